The molecule has 21 heavy (non-hydrogen) atoms. The molecule has 0 amide bonds. The van der Waals surface area contributed by atoms with Crippen LogP contribution in [0.1, 0.15) is 42.8 Å². The average molecular weight is 301 g/mol. The van der Waals surface area contributed by atoms with Crippen molar-refractivity contribution in [2.45, 2.75) is 38.6 Å². The summed E-state index contributed by atoms with van der Waals surface area (Å²) in [6, 6.07) is 10.5. The largest absolute Gasteiger partial charge is 0.384 e. The first-order valence-corrected chi connectivity index (χ1v) is 8.91. The van der Waals surface area contributed by atoms with Crippen molar-refractivity contribution in [1.29, 1.82) is 0 Å². The lowest BCUT2D eigenvalue weighted by Crippen LogP contribution is -2.08. The van der Waals surface area contributed by atoms with Gasteiger partial charge in [0, 0.05) is 12.3 Å². The Bertz CT molecular complexity index is 588. The van der Waals surface area contributed by atoms with Crippen LogP contribution in [0.2, 0.25) is 0 Å². The van der Waals surface area contributed by atoms with Gasteiger partial charge in [-0.1, -0.05) is 37.3 Å². The standard InChI is InChI=1S/C17H23N3S/c1-2-21-11-10-15-16(18)20(17(19-15)14-8-9-14)12-13-6-4-3-5-7-13/h3-7,14H,2,8-12,18H2,1H3. The van der Waals surface area contributed by atoms with E-state index in [1.165, 1.54) is 24.2 Å². The number of anilines is 1. The predicted molar refractivity (Wildman–Crippen MR) is 90.9 cm³/mol. The van der Waals surface area contributed by atoms with Gasteiger partial charge in [0.15, 0.2) is 0 Å². The number of thioether (sulfide) groups is 1. The summed E-state index contributed by atoms with van der Waals surface area (Å²) in [7, 11) is 0. The van der Waals surface area contributed by atoms with E-state index in [1.807, 2.05) is 11.8 Å². The van der Waals surface area contributed by atoms with Crippen LogP contribution in [-0.2, 0) is 13.0 Å². The Morgan fingerprint density at radius 1 is 1.29 bits per heavy atom. The highest BCUT2D eigenvalue weighted by molar-refractivity contribution is 7.99. The Hall–Kier alpha value is -1.42. The number of aryl methyl sites for hydroxylation is 1. The lowest BCUT2D eigenvalue weighted by molar-refractivity contribution is 0.734. The first-order chi connectivity index (χ1) is 10.3. The Kier molecular flexibility index (Phi) is 4.54. The van der Waals surface area contributed by atoms with Gasteiger partial charge < -0.3 is 10.3 Å². The highest BCUT2D eigenvalue weighted by atomic mass is 32.2. The number of nitrogen functional groups attached to an aromatic ring is 1. The topological polar surface area (TPSA) is 43.8 Å². The fourth-order valence-corrected chi connectivity index (χ4v) is 3.24. The van der Waals surface area contributed by atoms with Crippen LogP contribution in [0.3, 0.4) is 0 Å². The Morgan fingerprint density at radius 2 is 2.05 bits per heavy atom. The molecule has 1 heterocycles. The molecule has 0 aliphatic heterocycles. The normalized spacial score (nSPS) is 14.5. The smallest absolute Gasteiger partial charge is 0.127 e. The van der Waals surface area contributed by atoms with Crippen LogP contribution in [-0.4, -0.2) is 21.1 Å². The fraction of sp³-hybridized carbons (Fsp3) is 0.471. The van der Waals surface area contributed by atoms with Crippen molar-refractivity contribution in [3.8, 4) is 0 Å². The molecule has 1 saturated carbocycles. The van der Waals surface area contributed by atoms with Crippen molar-refractivity contribution < 1.29 is 0 Å². The molecule has 0 saturated heterocycles. The Labute approximate surface area is 131 Å². The zero-order valence-corrected chi connectivity index (χ0v) is 13.4. The molecular weight excluding hydrogens is 278 g/mol. The van der Waals surface area contributed by atoms with Crippen LogP contribution < -0.4 is 5.73 Å². The molecule has 0 unspecified atom stereocenters. The van der Waals surface area contributed by atoms with Gasteiger partial charge in [-0.3, -0.25) is 0 Å². The van der Waals surface area contributed by atoms with Gasteiger partial charge in [0.25, 0.3) is 0 Å². The average Bonchev–Trinajstić information content (AvgIpc) is 3.30. The third-order valence-electron chi connectivity index (χ3n) is 3.93. The minimum Gasteiger partial charge on any atom is -0.384 e. The maximum absolute atomic E-state index is 6.39. The zero-order chi connectivity index (χ0) is 14.7. The molecule has 3 nitrogen and oxygen atoms in total. The SMILES string of the molecule is CCSCCc1nc(C2CC2)n(Cc2ccccc2)c1N. The lowest BCUT2D eigenvalue weighted by Gasteiger charge is -2.09. The minimum atomic E-state index is 0.628. The van der Waals surface area contributed by atoms with Crippen LogP contribution >= 0.6 is 11.8 Å². The summed E-state index contributed by atoms with van der Waals surface area (Å²) in [6.07, 6.45) is 3.49. The van der Waals surface area contributed by atoms with Gasteiger partial charge >= 0.3 is 0 Å². The van der Waals surface area contributed by atoms with E-state index in [0.29, 0.717) is 5.92 Å². The van der Waals surface area contributed by atoms with Gasteiger partial charge in [0.1, 0.15) is 11.6 Å². The van der Waals surface area contributed by atoms with Crippen LogP contribution in [0.15, 0.2) is 30.3 Å². The second kappa shape index (κ2) is 6.56. The molecule has 0 bridgehead atoms. The maximum atomic E-state index is 6.39. The molecule has 0 radical (unpaired) electrons. The van der Waals surface area contributed by atoms with E-state index in [9.17, 15) is 0 Å². The Morgan fingerprint density at radius 3 is 2.71 bits per heavy atom. The van der Waals surface area contributed by atoms with Crippen molar-refractivity contribution in [3.05, 3.63) is 47.4 Å². The van der Waals surface area contributed by atoms with Gasteiger partial charge in [-0.15, -0.1) is 0 Å². The molecular formula is C17H23N3S. The zero-order valence-electron chi connectivity index (χ0n) is 12.6. The molecule has 0 spiro atoms. The molecule has 112 valence electrons. The molecule has 1 aromatic carbocycles. The number of hydrogen-bond donors (Lipinski definition) is 1. The fourth-order valence-electron chi connectivity index (χ4n) is 2.62. The predicted octanol–water partition coefficient (Wildman–Crippen LogP) is 3.69. The summed E-state index contributed by atoms with van der Waals surface area (Å²) < 4.78 is 2.24. The van der Waals surface area contributed by atoms with E-state index in [0.717, 1.165) is 36.0 Å². The highest BCUT2D eigenvalue weighted by Gasteiger charge is 2.30. The van der Waals surface area contributed by atoms with Gasteiger partial charge in [-0.2, -0.15) is 11.8 Å². The summed E-state index contributed by atoms with van der Waals surface area (Å²) >= 11 is 1.95. The van der Waals surface area contributed by atoms with Gasteiger partial charge in [-0.05, 0) is 29.9 Å². The van der Waals surface area contributed by atoms with E-state index in [1.54, 1.807) is 0 Å². The van der Waals surface area contributed by atoms with Crippen LogP contribution in [0.4, 0.5) is 5.82 Å². The first-order valence-electron chi connectivity index (χ1n) is 7.76. The summed E-state index contributed by atoms with van der Waals surface area (Å²) in [5.74, 6) is 4.96. The molecule has 3 rings (SSSR count). The number of benzene rings is 1. The van der Waals surface area contributed by atoms with Crippen molar-refractivity contribution in [3.63, 3.8) is 0 Å². The van der Waals surface area contributed by atoms with Crippen molar-refractivity contribution >= 4 is 17.6 Å². The number of rotatable bonds is 7. The summed E-state index contributed by atoms with van der Waals surface area (Å²) in [6.45, 7) is 3.03. The van der Waals surface area contributed by atoms with Gasteiger partial charge in [-0.25, -0.2) is 4.98 Å². The van der Waals surface area contributed by atoms with Crippen molar-refractivity contribution in [2.24, 2.45) is 0 Å². The Balaban J connectivity index is 1.83. The summed E-state index contributed by atoms with van der Waals surface area (Å²) in [4.78, 5) is 4.86. The molecule has 2 N–H and O–H groups in total. The number of nitrogens with zero attached hydrogens (tertiary/aromatic N) is 2. The third-order valence-corrected chi connectivity index (χ3v) is 4.83. The van der Waals surface area contributed by atoms with Crippen LogP contribution in [0.5, 0.6) is 0 Å². The monoisotopic (exact) mass is 301 g/mol. The van der Waals surface area contributed by atoms with E-state index in [2.05, 4.69) is 41.8 Å². The number of hydrogen-bond acceptors (Lipinski definition) is 3. The van der Waals surface area contributed by atoms with E-state index in [-0.39, 0.29) is 0 Å². The maximum Gasteiger partial charge on any atom is 0.127 e. The quantitative estimate of drug-likeness (QED) is 0.793. The van der Waals surface area contributed by atoms with Crippen LogP contribution in [0, 0.1) is 0 Å². The second-order valence-corrected chi connectivity index (χ2v) is 6.99. The molecule has 1 fully saturated rings. The first kappa shape index (κ1) is 14.5. The van der Waals surface area contributed by atoms with E-state index >= 15 is 0 Å². The third kappa shape index (κ3) is 3.43. The molecule has 1 aliphatic carbocycles. The second-order valence-electron chi connectivity index (χ2n) is 5.59. The molecule has 1 aliphatic rings. The van der Waals surface area contributed by atoms with Gasteiger partial charge in [0.05, 0.1) is 12.2 Å². The highest BCUT2D eigenvalue weighted by Crippen LogP contribution is 2.41. The van der Waals surface area contributed by atoms with Crippen molar-refractivity contribution in [1.82, 2.24) is 9.55 Å². The molecule has 0 atom stereocenters. The van der Waals surface area contributed by atoms with Crippen molar-refractivity contribution in [2.75, 3.05) is 17.2 Å². The summed E-state index contributed by atoms with van der Waals surface area (Å²) in [5, 5.41) is 0. The summed E-state index contributed by atoms with van der Waals surface area (Å²) in [5.41, 5.74) is 8.77. The lowest BCUT2D eigenvalue weighted by atomic mass is 10.2. The van der Waals surface area contributed by atoms with Gasteiger partial charge in [0.2, 0.25) is 0 Å². The number of aromatic nitrogens is 2. The molecule has 2 aromatic rings. The van der Waals surface area contributed by atoms with E-state index in [4.69, 9.17) is 10.7 Å². The van der Waals surface area contributed by atoms with Crippen LogP contribution in [0.25, 0.3) is 0 Å². The molecule has 1 aromatic heterocycles. The molecule has 4 heteroatoms. The van der Waals surface area contributed by atoms with E-state index < -0.39 is 0 Å². The number of imidazole rings is 1. The number of nitrogens with two attached hydrogens (primary N) is 1. The minimum absolute atomic E-state index is 0.628.